The molecule has 0 aromatic carbocycles. The highest BCUT2D eigenvalue weighted by molar-refractivity contribution is 5.74. The predicted molar refractivity (Wildman–Crippen MR) is 64.9 cm³/mol. The lowest BCUT2D eigenvalue weighted by Gasteiger charge is -2.25. The lowest BCUT2D eigenvalue weighted by atomic mass is 9.79. The fourth-order valence-electron chi connectivity index (χ4n) is 1.91. The van der Waals surface area contributed by atoms with Crippen LogP contribution in [0.3, 0.4) is 0 Å². The molecule has 17 heavy (non-hydrogen) atoms. The third kappa shape index (κ3) is 2.40. The van der Waals surface area contributed by atoms with Crippen LogP contribution in [0.1, 0.15) is 32.5 Å². The zero-order chi connectivity index (χ0) is 13.1. The summed E-state index contributed by atoms with van der Waals surface area (Å²) in [6, 6.07) is 0. The van der Waals surface area contributed by atoms with Gasteiger partial charge in [0.05, 0.1) is 5.41 Å². The van der Waals surface area contributed by atoms with Gasteiger partial charge in [0.15, 0.2) is 0 Å². The average Bonchev–Trinajstić information content (AvgIpc) is 2.66. The monoisotopic (exact) mass is 240 g/mol. The minimum Gasteiger partial charge on any atom is -0.481 e. The van der Waals surface area contributed by atoms with Gasteiger partial charge in [0, 0.05) is 20.5 Å². The molecule has 1 aromatic heterocycles. The molecule has 0 aliphatic heterocycles. The number of aromatic nitrogens is 3. The van der Waals surface area contributed by atoms with Crippen molar-refractivity contribution in [3.63, 3.8) is 0 Å². The second-order valence-corrected chi connectivity index (χ2v) is 4.22. The number of carbonyl (C=O) groups is 1. The summed E-state index contributed by atoms with van der Waals surface area (Å²) in [5.41, 5.74) is -0.744. The fraction of sp³-hybridized carbons (Fsp3) is 0.727. The van der Waals surface area contributed by atoms with E-state index in [4.69, 9.17) is 0 Å². The Bertz CT molecular complexity index is 396. The van der Waals surface area contributed by atoms with Crippen LogP contribution in [0.2, 0.25) is 0 Å². The van der Waals surface area contributed by atoms with Crippen LogP contribution in [0.5, 0.6) is 0 Å². The summed E-state index contributed by atoms with van der Waals surface area (Å²) in [6.45, 7) is 3.79. The van der Waals surface area contributed by atoms with Crippen LogP contribution in [-0.2, 0) is 18.3 Å². The van der Waals surface area contributed by atoms with Crippen LogP contribution in [0.4, 0.5) is 5.95 Å². The molecule has 0 radical (unpaired) electrons. The van der Waals surface area contributed by atoms with Crippen molar-refractivity contribution in [1.29, 1.82) is 0 Å². The van der Waals surface area contributed by atoms with Crippen LogP contribution in [0, 0.1) is 5.41 Å². The van der Waals surface area contributed by atoms with E-state index in [-0.39, 0.29) is 0 Å². The molecule has 0 spiro atoms. The van der Waals surface area contributed by atoms with Gasteiger partial charge >= 0.3 is 5.97 Å². The Morgan fingerprint density at radius 2 is 2.00 bits per heavy atom. The smallest absolute Gasteiger partial charge is 0.310 e. The summed E-state index contributed by atoms with van der Waals surface area (Å²) in [5.74, 6) is 0.573. The molecule has 0 aliphatic carbocycles. The summed E-state index contributed by atoms with van der Waals surface area (Å²) in [4.78, 5) is 11.4. The van der Waals surface area contributed by atoms with Gasteiger partial charge < -0.3 is 15.0 Å². The number of nitrogens with one attached hydrogen (secondary N) is 1. The third-order valence-corrected chi connectivity index (χ3v) is 3.49. The number of carboxylic acid groups (broad SMARTS) is 1. The maximum absolute atomic E-state index is 11.4. The number of hydrogen-bond donors (Lipinski definition) is 2. The lowest BCUT2D eigenvalue weighted by Crippen LogP contribution is -2.33. The van der Waals surface area contributed by atoms with Crippen LogP contribution < -0.4 is 5.32 Å². The van der Waals surface area contributed by atoms with E-state index in [1.54, 1.807) is 11.6 Å². The molecule has 0 unspecified atom stereocenters. The SMILES string of the molecule is CCC(CC)(Cc1nnc(NC)n1C)C(=O)O. The molecular weight excluding hydrogens is 220 g/mol. The molecule has 96 valence electrons. The Morgan fingerprint density at radius 3 is 2.35 bits per heavy atom. The molecule has 1 aromatic rings. The van der Waals surface area contributed by atoms with Crippen LogP contribution in [0.25, 0.3) is 0 Å². The average molecular weight is 240 g/mol. The first-order chi connectivity index (χ1) is 8.00. The van der Waals surface area contributed by atoms with E-state index in [1.165, 1.54) is 0 Å². The van der Waals surface area contributed by atoms with E-state index in [0.717, 1.165) is 0 Å². The molecule has 0 fully saturated rings. The highest BCUT2D eigenvalue weighted by Gasteiger charge is 2.36. The second-order valence-electron chi connectivity index (χ2n) is 4.22. The summed E-state index contributed by atoms with van der Waals surface area (Å²) in [6.07, 6.45) is 1.57. The summed E-state index contributed by atoms with van der Waals surface area (Å²) in [5, 5.41) is 20.3. The Labute approximate surface area is 101 Å². The van der Waals surface area contributed by atoms with Gasteiger partial charge in [-0.2, -0.15) is 0 Å². The zero-order valence-electron chi connectivity index (χ0n) is 10.8. The highest BCUT2D eigenvalue weighted by Crippen LogP contribution is 2.31. The van der Waals surface area contributed by atoms with Crippen molar-refractivity contribution in [1.82, 2.24) is 14.8 Å². The molecular formula is C11H20N4O2. The Morgan fingerprint density at radius 1 is 1.41 bits per heavy atom. The van der Waals surface area contributed by atoms with Gasteiger partial charge in [0.2, 0.25) is 5.95 Å². The number of carboxylic acids is 1. The molecule has 0 saturated carbocycles. The molecule has 2 N–H and O–H groups in total. The topological polar surface area (TPSA) is 80.0 Å². The van der Waals surface area contributed by atoms with Crippen molar-refractivity contribution in [3.8, 4) is 0 Å². The first-order valence-electron chi connectivity index (χ1n) is 5.80. The molecule has 0 bridgehead atoms. The predicted octanol–water partition coefficient (Wildman–Crippen LogP) is 1.29. The highest BCUT2D eigenvalue weighted by atomic mass is 16.4. The Hall–Kier alpha value is -1.59. The van der Waals surface area contributed by atoms with Crippen molar-refractivity contribution in [2.75, 3.05) is 12.4 Å². The zero-order valence-corrected chi connectivity index (χ0v) is 10.8. The van der Waals surface area contributed by atoms with E-state index >= 15 is 0 Å². The van der Waals surface area contributed by atoms with Crippen molar-refractivity contribution in [2.24, 2.45) is 12.5 Å². The third-order valence-electron chi connectivity index (χ3n) is 3.49. The minimum atomic E-state index is -0.767. The summed E-state index contributed by atoms with van der Waals surface area (Å²) in [7, 11) is 3.59. The molecule has 1 heterocycles. The maximum Gasteiger partial charge on any atom is 0.310 e. The number of nitrogens with zero attached hydrogens (tertiary/aromatic N) is 3. The molecule has 0 aliphatic rings. The van der Waals surface area contributed by atoms with Crippen LogP contribution in [0.15, 0.2) is 0 Å². The second kappa shape index (κ2) is 5.16. The quantitative estimate of drug-likeness (QED) is 0.783. The number of rotatable bonds is 6. The number of hydrogen-bond acceptors (Lipinski definition) is 4. The Kier molecular flexibility index (Phi) is 4.09. The van der Waals surface area contributed by atoms with Gasteiger partial charge in [-0.3, -0.25) is 4.79 Å². The molecule has 0 atom stereocenters. The summed E-state index contributed by atoms with van der Waals surface area (Å²) < 4.78 is 1.79. The van der Waals surface area contributed by atoms with Gasteiger partial charge in [-0.15, -0.1) is 10.2 Å². The minimum absolute atomic E-state index is 0.403. The number of anilines is 1. The largest absolute Gasteiger partial charge is 0.481 e. The maximum atomic E-state index is 11.4. The Balaban J connectivity index is 3.01. The molecule has 1 rings (SSSR count). The first kappa shape index (κ1) is 13.5. The summed E-state index contributed by atoms with van der Waals surface area (Å²) >= 11 is 0. The number of aliphatic carboxylic acids is 1. The van der Waals surface area contributed by atoms with Gasteiger partial charge in [-0.1, -0.05) is 13.8 Å². The lowest BCUT2D eigenvalue weighted by molar-refractivity contribution is -0.149. The standard InChI is InChI=1S/C11H20N4O2/c1-5-11(6-2,9(16)17)7-8-13-14-10(12-3)15(8)4/h5-7H2,1-4H3,(H,12,14)(H,16,17). The van der Waals surface area contributed by atoms with E-state index in [9.17, 15) is 9.90 Å². The van der Waals surface area contributed by atoms with Gasteiger partial charge in [0.25, 0.3) is 0 Å². The molecule has 6 heteroatoms. The van der Waals surface area contributed by atoms with Crippen molar-refractivity contribution < 1.29 is 9.90 Å². The normalized spacial score (nSPS) is 11.5. The van der Waals surface area contributed by atoms with E-state index in [0.29, 0.717) is 31.0 Å². The first-order valence-corrected chi connectivity index (χ1v) is 5.80. The van der Waals surface area contributed by atoms with Crippen molar-refractivity contribution in [2.45, 2.75) is 33.1 Å². The molecule has 0 amide bonds. The van der Waals surface area contributed by atoms with Gasteiger partial charge in [-0.25, -0.2) is 0 Å². The van der Waals surface area contributed by atoms with Gasteiger partial charge in [0.1, 0.15) is 5.82 Å². The van der Waals surface area contributed by atoms with Crippen molar-refractivity contribution in [3.05, 3.63) is 5.82 Å². The molecule has 0 saturated heterocycles. The van der Waals surface area contributed by atoms with Crippen LogP contribution in [-0.4, -0.2) is 32.9 Å². The fourth-order valence-corrected chi connectivity index (χ4v) is 1.91. The van der Waals surface area contributed by atoms with E-state index in [2.05, 4.69) is 15.5 Å². The van der Waals surface area contributed by atoms with Crippen LogP contribution >= 0.6 is 0 Å². The van der Waals surface area contributed by atoms with E-state index < -0.39 is 11.4 Å². The van der Waals surface area contributed by atoms with Gasteiger partial charge in [-0.05, 0) is 12.8 Å². The van der Waals surface area contributed by atoms with Crippen molar-refractivity contribution >= 4 is 11.9 Å². The molecule has 6 nitrogen and oxygen atoms in total. The van der Waals surface area contributed by atoms with E-state index in [1.807, 2.05) is 20.9 Å².